The van der Waals surface area contributed by atoms with E-state index in [1.165, 1.54) is 25.1 Å². The first-order valence-electron chi connectivity index (χ1n) is 8.85. The summed E-state index contributed by atoms with van der Waals surface area (Å²) in [5, 5.41) is 0.344. The van der Waals surface area contributed by atoms with Crippen molar-refractivity contribution in [3.05, 3.63) is 71.1 Å². The lowest BCUT2D eigenvalue weighted by Crippen LogP contribution is -2.06. The predicted octanol–water partition coefficient (Wildman–Crippen LogP) is 6.21. The van der Waals surface area contributed by atoms with E-state index < -0.39 is 0 Å². The minimum absolute atomic E-state index is 0.288. The number of imidazole rings is 1. The average Bonchev–Trinajstić information content (AvgIpc) is 3.31. The zero-order chi connectivity index (χ0) is 17.9. The van der Waals surface area contributed by atoms with Crippen molar-refractivity contribution in [2.24, 2.45) is 4.99 Å². The Balaban J connectivity index is 1.77. The van der Waals surface area contributed by atoms with Crippen LogP contribution in [0.15, 0.2) is 59.7 Å². The topological polar surface area (TPSA) is 30.2 Å². The Morgan fingerprint density at radius 1 is 1.08 bits per heavy atom. The van der Waals surface area contributed by atoms with Crippen molar-refractivity contribution < 1.29 is 4.39 Å². The van der Waals surface area contributed by atoms with Gasteiger partial charge in [0.1, 0.15) is 5.82 Å². The van der Waals surface area contributed by atoms with Crippen LogP contribution in [0.25, 0.3) is 11.3 Å². The number of hydrogen-bond donors (Lipinski definition) is 0. The van der Waals surface area contributed by atoms with Crippen molar-refractivity contribution in [3.63, 3.8) is 0 Å². The number of benzene rings is 2. The van der Waals surface area contributed by atoms with E-state index in [-0.39, 0.29) is 11.4 Å². The maximum absolute atomic E-state index is 14.0. The molecule has 5 heteroatoms. The predicted molar refractivity (Wildman–Crippen MR) is 104 cm³/mol. The van der Waals surface area contributed by atoms with E-state index in [2.05, 4.69) is 26.7 Å². The summed E-state index contributed by atoms with van der Waals surface area (Å²) in [6, 6.07) is 15.2. The Labute approximate surface area is 157 Å². The smallest absolute Gasteiger partial charge is 0.230 e. The third-order valence-electron chi connectivity index (χ3n) is 4.85. The van der Waals surface area contributed by atoms with Crippen LogP contribution in [0.2, 0.25) is 5.02 Å². The van der Waals surface area contributed by atoms with Gasteiger partial charge >= 0.3 is 0 Å². The maximum Gasteiger partial charge on any atom is 0.230 e. The van der Waals surface area contributed by atoms with E-state index >= 15 is 0 Å². The first kappa shape index (κ1) is 17.0. The van der Waals surface area contributed by atoms with Gasteiger partial charge in [0, 0.05) is 17.8 Å². The van der Waals surface area contributed by atoms with Crippen molar-refractivity contribution in [2.45, 2.75) is 31.7 Å². The number of nitrogens with zero attached hydrogens (tertiary/aromatic N) is 3. The van der Waals surface area contributed by atoms with Crippen molar-refractivity contribution in [1.82, 2.24) is 9.55 Å². The van der Waals surface area contributed by atoms with Crippen LogP contribution >= 0.6 is 11.6 Å². The van der Waals surface area contributed by atoms with Crippen LogP contribution in [0.5, 0.6) is 0 Å². The molecule has 2 aromatic carbocycles. The number of halogens is 2. The molecular formula is C21H19ClFN3. The van der Waals surface area contributed by atoms with Crippen LogP contribution in [0.1, 0.15) is 37.3 Å². The third kappa shape index (κ3) is 3.29. The van der Waals surface area contributed by atoms with Gasteiger partial charge in [-0.3, -0.25) is 0 Å². The number of hydrogen-bond acceptors (Lipinski definition) is 2. The van der Waals surface area contributed by atoms with Crippen molar-refractivity contribution in [1.29, 1.82) is 0 Å². The quantitative estimate of drug-likeness (QED) is 0.504. The standard InChI is InChI=1S/C21H19ClFN3/c22-18-11-6-12-19(23)17(18)13-24-21-25-14-20(15-7-2-1-3-8-15)26(21)16-9-4-5-10-16/h1-3,6-8,11-14,16H,4-5,9-10H2. The first-order valence-corrected chi connectivity index (χ1v) is 9.22. The van der Waals surface area contributed by atoms with E-state index in [1.54, 1.807) is 12.1 Å². The Kier molecular flexibility index (Phi) is 4.85. The van der Waals surface area contributed by atoms with Gasteiger partial charge in [-0.15, -0.1) is 0 Å². The lowest BCUT2D eigenvalue weighted by molar-refractivity contribution is 0.527. The molecule has 1 aliphatic rings. The van der Waals surface area contributed by atoms with E-state index in [0.29, 0.717) is 17.0 Å². The highest BCUT2D eigenvalue weighted by molar-refractivity contribution is 6.33. The highest BCUT2D eigenvalue weighted by Gasteiger charge is 2.23. The fourth-order valence-corrected chi connectivity index (χ4v) is 3.76. The molecule has 3 aromatic rings. The zero-order valence-electron chi connectivity index (χ0n) is 14.3. The molecule has 0 saturated heterocycles. The maximum atomic E-state index is 14.0. The number of aromatic nitrogens is 2. The Morgan fingerprint density at radius 2 is 1.85 bits per heavy atom. The van der Waals surface area contributed by atoms with Gasteiger partial charge in [0.05, 0.1) is 16.9 Å². The second-order valence-electron chi connectivity index (χ2n) is 6.51. The van der Waals surface area contributed by atoms with Gasteiger partial charge in [0.25, 0.3) is 0 Å². The molecule has 0 aliphatic heterocycles. The Bertz CT molecular complexity index is 907. The molecule has 1 aromatic heterocycles. The summed E-state index contributed by atoms with van der Waals surface area (Å²) in [6.45, 7) is 0. The SMILES string of the molecule is Fc1cccc(Cl)c1C=Nc1ncc(-c2ccccc2)n1C1CCCC1. The van der Waals surface area contributed by atoms with Gasteiger partial charge in [-0.2, -0.15) is 0 Å². The summed E-state index contributed by atoms with van der Waals surface area (Å²) in [7, 11) is 0. The summed E-state index contributed by atoms with van der Waals surface area (Å²) in [5.74, 6) is 0.207. The molecular weight excluding hydrogens is 349 g/mol. The van der Waals surface area contributed by atoms with Gasteiger partial charge < -0.3 is 4.57 Å². The number of rotatable bonds is 4. The minimum atomic E-state index is -0.386. The Hall–Kier alpha value is -2.46. The van der Waals surface area contributed by atoms with Crippen LogP contribution in [0, 0.1) is 5.82 Å². The fourth-order valence-electron chi connectivity index (χ4n) is 3.55. The molecule has 0 spiro atoms. The second-order valence-corrected chi connectivity index (χ2v) is 6.92. The molecule has 0 atom stereocenters. The largest absolute Gasteiger partial charge is 0.305 e. The molecule has 1 aliphatic carbocycles. The molecule has 26 heavy (non-hydrogen) atoms. The van der Waals surface area contributed by atoms with Crippen molar-refractivity contribution in [2.75, 3.05) is 0 Å². The summed E-state index contributed by atoms with van der Waals surface area (Å²) in [4.78, 5) is 9.00. The van der Waals surface area contributed by atoms with Crippen molar-refractivity contribution in [3.8, 4) is 11.3 Å². The van der Waals surface area contributed by atoms with Crippen LogP contribution in [-0.4, -0.2) is 15.8 Å². The molecule has 1 saturated carbocycles. The van der Waals surface area contributed by atoms with Gasteiger partial charge in [0.15, 0.2) is 0 Å². The first-order chi connectivity index (χ1) is 12.7. The van der Waals surface area contributed by atoms with Gasteiger partial charge in [0.2, 0.25) is 5.95 Å². The molecule has 1 heterocycles. The van der Waals surface area contributed by atoms with E-state index in [1.807, 2.05) is 24.4 Å². The highest BCUT2D eigenvalue weighted by Crippen LogP contribution is 2.37. The lowest BCUT2D eigenvalue weighted by atomic mass is 10.1. The summed E-state index contributed by atoms with van der Waals surface area (Å²) in [6.07, 6.45) is 7.96. The molecule has 4 rings (SSSR count). The molecule has 0 bridgehead atoms. The summed E-state index contributed by atoms with van der Waals surface area (Å²) >= 11 is 6.11. The Morgan fingerprint density at radius 3 is 2.58 bits per heavy atom. The van der Waals surface area contributed by atoms with Crippen LogP contribution in [-0.2, 0) is 0 Å². The monoisotopic (exact) mass is 367 g/mol. The van der Waals surface area contributed by atoms with E-state index in [4.69, 9.17) is 11.6 Å². The van der Waals surface area contributed by atoms with Gasteiger partial charge in [-0.25, -0.2) is 14.4 Å². The zero-order valence-corrected chi connectivity index (χ0v) is 15.0. The van der Waals surface area contributed by atoms with Crippen molar-refractivity contribution >= 4 is 23.8 Å². The number of aliphatic imine (C=N–C) groups is 1. The van der Waals surface area contributed by atoms with Crippen LogP contribution in [0.3, 0.4) is 0 Å². The van der Waals surface area contributed by atoms with E-state index in [0.717, 1.165) is 24.1 Å². The van der Waals surface area contributed by atoms with Crippen LogP contribution in [0.4, 0.5) is 10.3 Å². The summed E-state index contributed by atoms with van der Waals surface area (Å²) < 4.78 is 16.2. The van der Waals surface area contributed by atoms with Crippen LogP contribution < -0.4 is 0 Å². The molecule has 0 radical (unpaired) electrons. The molecule has 0 amide bonds. The normalized spacial score (nSPS) is 15.2. The molecule has 0 unspecified atom stereocenters. The average molecular weight is 368 g/mol. The third-order valence-corrected chi connectivity index (χ3v) is 5.18. The van der Waals surface area contributed by atoms with Gasteiger partial charge in [-0.1, -0.05) is 60.8 Å². The highest BCUT2D eigenvalue weighted by atomic mass is 35.5. The molecule has 1 fully saturated rings. The van der Waals surface area contributed by atoms with Gasteiger partial charge in [-0.05, 0) is 30.5 Å². The fraction of sp³-hybridized carbons (Fsp3) is 0.238. The molecule has 3 nitrogen and oxygen atoms in total. The van der Waals surface area contributed by atoms with E-state index in [9.17, 15) is 4.39 Å². The lowest BCUT2D eigenvalue weighted by Gasteiger charge is -2.17. The molecule has 0 N–H and O–H groups in total. The second kappa shape index (κ2) is 7.42. The molecule has 132 valence electrons. The minimum Gasteiger partial charge on any atom is -0.305 e. The summed E-state index contributed by atoms with van der Waals surface area (Å²) in [5.41, 5.74) is 2.44.